The van der Waals surface area contributed by atoms with Crippen molar-refractivity contribution in [2.45, 2.75) is 6.61 Å². The fourth-order valence-electron chi connectivity index (χ4n) is 2.50. The maximum Gasteiger partial charge on any atom is 0.172 e. The molecule has 4 heteroatoms. The number of rotatable bonds is 5. The Balaban J connectivity index is 1.97. The molecule has 3 nitrogen and oxygen atoms in total. The minimum atomic E-state index is -0.435. The van der Waals surface area contributed by atoms with Crippen molar-refractivity contribution in [2.24, 2.45) is 0 Å². The third-order valence-corrected chi connectivity index (χ3v) is 3.71. The topological polar surface area (TPSA) is 44.5 Å². The quantitative estimate of drug-likeness (QED) is 0.694. The van der Waals surface area contributed by atoms with Crippen molar-refractivity contribution in [1.82, 2.24) is 0 Å². The predicted octanol–water partition coefficient (Wildman–Crippen LogP) is 4.66. The molecule has 3 aromatic rings. The molecule has 24 heavy (non-hydrogen) atoms. The van der Waals surface area contributed by atoms with E-state index >= 15 is 0 Å². The molecule has 3 aromatic carbocycles. The molecule has 0 unspecified atom stereocenters. The van der Waals surface area contributed by atoms with E-state index in [9.17, 15) is 4.39 Å². The van der Waals surface area contributed by atoms with Crippen LogP contribution in [0, 0.1) is 5.82 Å². The van der Waals surface area contributed by atoms with Crippen LogP contribution in [0.15, 0.2) is 66.7 Å². The molecule has 122 valence electrons. The second kappa shape index (κ2) is 7.04. The average molecular weight is 323 g/mol. The van der Waals surface area contributed by atoms with Gasteiger partial charge in [-0.3, -0.25) is 0 Å². The zero-order chi connectivity index (χ0) is 16.9. The maximum absolute atomic E-state index is 14.6. The Bertz CT molecular complexity index is 834. The Labute approximate surface area is 140 Å². The molecular formula is C20H18FNO2. The normalized spacial score (nSPS) is 10.4. The first-order valence-corrected chi connectivity index (χ1v) is 7.58. The molecule has 0 saturated heterocycles. The summed E-state index contributed by atoms with van der Waals surface area (Å²) in [6, 6.07) is 20.0. The van der Waals surface area contributed by atoms with Crippen LogP contribution in [0.5, 0.6) is 11.5 Å². The van der Waals surface area contributed by atoms with Crippen LogP contribution in [0.2, 0.25) is 0 Å². The largest absolute Gasteiger partial charge is 0.494 e. The van der Waals surface area contributed by atoms with Gasteiger partial charge in [0.2, 0.25) is 0 Å². The highest BCUT2D eigenvalue weighted by Gasteiger charge is 2.15. The third kappa shape index (κ3) is 3.33. The molecule has 0 bridgehead atoms. The van der Waals surface area contributed by atoms with Crippen LogP contribution in [0.4, 0.5) is 10.1 Å². The zero-order valence-corrected chi connectivity index (χ0v) is 13.3. The lowest BCUT2D eigenvalue weighted by Crippen LogP contribution is -1.99. The first kappa shape index (κ1) is 15.9. The molecule has 0 amide bonds. The standard InChI is InChI=1S/C20H18FNO2/c1-23-19-9-5-8-16(20(19)21)17-12-15(22)10-11-18(17)24-13-14-6-3-2-4-7-14/h2-12H,13,22H2,1H3. The van der Waals surface area contributed by atoms with E-state index in [1.807, 2.05) is 30.3 Å². The Morgan fingerprint density at radius 2 is 1.67 bits per heavy atom. The summed E-state index contributed by atoms with van der Waals surface area (Å²) >= 11 is 0. The van der Waals surface area contributed by atoms with Gasteiger partial charge in [0.1, 0.15) is 12.4 Å². The minimum absolute atomic E-state index is 0.184. The SMILES string of the molecule is COc1cccc(-c2cc(N)ccc2OCc2ccccc2)c1F. The van der Waals surface area contributed by atoms with E-state index < -0.39 is 5.82 Å². The highest BCUT2D eigenvalue weighted by atomic mass is 19.1. The summed E-state index contributed by atoms with van der Waals surface area (Å²) in [4.78, 5) is 0. The van der Waals surface area contributed by atoms with Gasteiger partial charge in [-0.15, -0.1) is 0 Å². The van der Waals surface area contributed by atoms with Crippen LogP contribution in [0.1, 0.15) is 5.56 Å². The number of anilines is 1. The Morgan fingerprint density at radius 3 is 2.42 bits per heavy atom. The molecule has 0 aliphatic heterocycles. The van der Waals surface area contributed by atoms with Gasteiger partial charge >= 0.3 is 0 Å². The summed E-state index contributed by atoms with van der Waals surface area (Å²) in [5.74, 6) is 0.319. The first-order valence-electron chi connectivity index (χ1n) is 7.58. The van der Waals surface area contributed by atoms with Gasteiger partial charge in [0.05, 0.1) is 7.11 Å². The van der Waals surface area contributed by atoms with Crippen molar-refractivity contribution in [1.29, 1.82) is 0 Å². The molecule has 2 N–H and O–H groups in total. The van der Waals surface area contributed by atoms with Crippen LogP contribution in [-0.4, -0.2) is 7.11 Å². The van der Waals surface area contributed by atoms with Crippen LogP contribution in [0.25, 0.3) is 11.1 Å². The number of hydrogen-bond donors (Lipinski definition) is 1. The van der Waals surface area contributed by atoms with Crippen LogP contribution in [0.3, 0.4) is 0 Å². The predicted molar refractivity (Wildman–Crippen MR) is 93.6 cm³/mol. The van der Waals surface area contributed by atoms with Crippen molar-refractivity contribution in [3.63, 3.8) is 0 Å². The molecule has 0 spiro atoms. The number of hydrogen-bond acceptors (Lipinski definition) is 3. The second-order valence-corrected chi connectivity index (χ2v) is 5.35. The smallest absolute Gasteiger partial charge is 0.172 e. The average Bonchev–Trinajstić information content (AvgIpc) is 2.62. The number of halogens is 1. The van der Waals surface area contributed by atoms with Gasteiger partial charge in [0, 0.05) is 16.8 Å². The summed E-state index contributed by atoms with van der Waals surface area (Å²) in [5, 5.41) is 0. The summed E-state index contributed by atoms with van der Waals surface area (Å²) in [6.07, 6.45) is 0. The van der Waals surface area contributed by atoms with Crippen molar-refractivity contribution < 1.29 is 13.9 Å². The van der Waals surface area contributed by atoms with E-state index in [0.29, 0.717) is 29.2 Å². The molecule has 0 aliphatic rings. The number of ether oxygens (including phenoxy) is 2. The van der Waals surface area contributed by atoms with Crippen molar-refractivity contribution >= 4 is 5.69 Å². The number of benzene rings is 3. The molecule has 0 aromatic heterocycles. The third-order valence-electron chi connectivity index (χ3n) is 3.71. The van der Waals surface area contributed by atoms with E-state index in [2.05, 4.69) is 0 Å². The highest BCUT2D eigenvalue weighted by Crippen LogP contribution is 2.36. The summed E-state index contributed by atoms with van der Waals surface area (Å²) in [6.45, 7) is 0.392. The molecule has 0 aliphatic carbocycles. The zero-order valence-electron chi connectivity index (χ0n) is 13.3. The van der Waals surface area contributed by atoms with Gasteiger partial charge in [-0.25, -0.2) is 4.39 Å². The number of nitrogen functional groups attached to an aromatic ring is 1. The molecule has 0 radical (unpaired) electrons. The van der Waals surface area contributed by atoms with Gasteiger partial charge in [0.15, 0.2) is 11.6 Å². The van der Waals surface area contributed by atoms with E-state index in [1.165, 1.54) is 7.11 Å². The Hall–Kier alpha value is -3.01. The fourth-order valence-corrected chi connectivity index (χ4v) is 2.50. The molecule has 0 heterocycles. The molecule has 0 fully saturated rings. The lowest BCUT2D eigenvalue weighted by Gasteiger charge is -2.14. The Morgan fingerprint density at radius 1 is 0.875 bits per heavy atom. The Kier molecular flexibility index (Phi) is 4.66. The number of methoxy groups -OCH3 is 1. The van der Waals surface area contributed by atoms with E-state index in [4.69, 9.17) is 15.2 Å². The van der Waals surface area contributed by atoms with Gasteiger partial charge in [0.25, 0.3) is 0 Å². The first-order chi connectivity index (χ1) is 11.7. The lowest BCUT2D eigenvalue weighted by atomic mass is 10.0. The molecule has 0 atom stereocenters. The minimum Gasteiger partial charge on any atom is -0.494 e. The highest BCUT2D eigenvalue weighted by molar-refractivity contribution is 5.75. The van der Waals surface area contributed by atoms with Gasteiger partial charge < -0.3 is 15.2 Å². The van der Waals surface area contributed by atoms with Gasteiger partial charge in [-0.1, -0.05) is 42.5 Å². The molecule has 3 rings (SSSR count). The fraction of sp³-hybridized carbons (Fsp3) is 0.100. The van der Waals surface area contributed by atoms with Crippen LogP contribution >= 0.6 is 0 Å². The van der Waals surface area contributed by atoms with E-state index in [1.54, 1.807) is 36.4 Å². The molecular weight excluding hydrogens is 305 g/mol. The van der Waals surface area contributed by atoms with Crippen molar-refractivity contribution in [2.75, 3.05) is 12.8 Å². The monoisotopic (exact) mass is 323 g/mol. The van der Waals surface area contributed by atoms with Gasteiger partial charge in [-0.2, -0.15) is 0 Å². The lowest BCUT2D eigenvalue weighted by molar-refractivity contribution is 0.307. The summed E-state index contributed by atoms with van der Waals surface area (Å²) < 4.78 is 25.6. The number of nitrogens with two attached hydrogens (primary N) is 1. The van der Waals surface area contributed by atoms with E-state index in [-0.39, 0.29) is 5.75 Å². The van der Waals surface area contributed by atoms with Crippen molar-refractivity contribution in [3.05, 3.63) is 78.1 Å². The summed E-state index contributed by atoms with van der Waals surface area (Å²) in [7, 11) is 1.44. The molecule has 0 saturated carbocycles. The van der Waals surface area contributed by atoms with Gasteiger partial charge in [-0.05, 0) is 29.8 Å². The van der Waals surface area contributed by atoms with Crippen molar-refractivity contribution in [3.8, 4) is 22.6 Å². The van der Waals surface area contributed by atoms with Crippen LogP contribution < -0.4 is 15.2 Å². The van der Waals surface area contributed by atoms with E-state index in [0.717, 1.165) is 5.56 Å². The maximum atomic E-state index is 14.6. The summed E-state index contributed by atoms with van der Waals surface area (Å²) in [5.41, 5.74) is 8.45. The van der Waals surface area contributed by atoms with Crippen LogP contribution in [-0.2, 0) is 6.61 Å². The second-order valence-electron chi connectivity index (χ2n) is 5.35.